The van der Waals surface area contributed by atoms with Crippen LogP contribution < -0.4 is 11.1 Å². The number of carbonyl (C=O) groups is 2. The molecular weight excluding hydrogens is 464 g/mol. The van der Waals surface area contributed by atoms with E-state index in [1.54, 1.807) is 6.07 Å². The summed E-state index contributed by atoms with van der Waals surface area (Å²) in [6, 6.07) is 11.3. The Labute approximate surface area is 209 Å². The Morgan fingerprint density at radius 3 is 2.49 bits per heavy atom. The van der Waals surface area contributed by atoms with E-state index >= 15 is 0 Å². The molecule has 0 bridgehead atoms. The van der Waals surface area contributed by atoms with Crippen LogP contribution in [0.1, 0.15) is 61.9 Å². The lowest BCUT2D eigenvalue weighted by Crippen LogP contribution is -2.24. The van der Waals surface area contributed by atoms with Crippen LogP contribution in [0.4, 0.5) is 10.9 Å². The minimum atomic E-state index is -0.492. The molecule has 10 heteroatoms. The van der Waals surface area contributed by atoms with Crippen LogP contribution in [0, 0.1) is 0 Å². The van der Waals surface area contributed by atoms with Gasteiger partial charge in [0.05, 0.1) is 12.1 Å². The van der Waals surface area contributed by atoms with Crippen molar-refractivity contribution in [1.82, 2.24) is 20.4 Å². The zero-order valence-corrected chi connectivity index (χ0v) is 21.2. The number of amides is 1. The molecule has 3 rings (SSSR count). The van der Waals surface area contributed by atoms with Crippen LogP contribution in [0.25, 0.3) is 0 Å². The van der Waals surface area contributed by atoms with Crippen molar-refractivity contribution in [2.45, 2.75) is 71.3 Å². The Bertz CT molecular complexity index is 1120. The first-order chi connectivity index (χ1) is 16.7. The highest BCUT2D eigenvalue weighted by Gasteiger charge is 2.16. The maximum atomic E-state index is 12.5. The third kappa shape index (κ3) is 9.78. The van der Waals surface area contributed by atoms with Crippen molar-refractivity contribution in [3.63, 3.8) is 0 Å². The monoisotopic (exact) mass is 496 g/mol. The predicted molar refractivity (Wildman–Crippen MR) is 136 cm³/mol. The molecular formula is C25H32N6O3S. The van der Waals surface area contributed by atoms with E-state index in [4.69, 9.17) is 10.5 Å². The van der Waals surface area contributed by atoms with Crippen LogP contribution in [0.5, 0.6) is 0 Å². The van der Waals surface area contributed by atoms with Gasteiger partial charge in [-0.05, 0) is 69.7 Å². The topological polar surface area (TPSA) is 133 Å². The second-order valence-electron chi connectivity index (χ2n) is 9.29. The maximum absolute atomic E-state index is 12.5. The van der Waals surface area contributed by atoms with Gasteiger partial charge in [0.25, 0.3) is 0 Å². The van der Waals surface area contributed by atoms with E-state index in [1.807, 2.05) is 51.1 Å². The van der Waals surface area contributed by atoms with Crippen LogP contribution in [-0.4, -0.2) is 37.9 Å². The van der Waals surface area contributed by atoms with Crippen LogP contribution in [-0.2, 0) is 40.0 Å². The molecule has 0 fully saturated rings. The Kier molecular flexibility index (Phi) is 9.25. The lowest BCUT2D eigenvalue weighted by atomic mass is 10.0. The first-order valence-electron chi connectivity index (χ1n) is 11.7. The molecule has 2 heterocycles. The molecule has 0 aliphatic carbocycles. The highest BCUT2D eigenvalue weighted by molar-refractivity contribution is 7.15. The first kappa shape index (κ1) is 26.2. The standard InChI is InChI=1S/C25H32N6O3S/c1-25(2,3)34-23(33)14-11-17-7-6-8-18(15-17)16-21(32)27-24-31-30-22(35-24)10-5-4-9-19-12-13-20(26)29-28-19/h6-8,12-13,15H,4-5,9-11,14,16H2,1-3H3,(H2,26,29)(H,27,31,32). The summed E-state index contributed by atoms with van der Waals surface area (Å²) in [6.07, 6.45) is 4.58. The first-order valence-corrected chi connectivity index (χ1v) is 12.5. The molecule has 0 saturated carbocycles. The van der Waals surface area contributed by atoms with Gasteiger partial charge in [0.15, 0.2) is 0 Å². The lowest BCUT2D eigenvalue weighted by molar-refractivity contribution is -0.154. The van der Waals surface area contributed by atoms with Gasteiger partial charge in [0.2, 0.25) is 11.0 Å². The van der Waals surface area contributed by atoms with Crippen LogP contribution >= 0.6 is 11.3 Å². The predicted octanol–water partition coefficient (Wildman–Crippen LogP) is 3.93. The highest BCUT2D eigenvalue weighted by atomic mass is 32.1. The van der Waals surface area contributed by atoms with Crippen LogP contribution in [0.3, 0.4) is 0 Å². The molecule has 0 aliphatic heterocycles. The molecule has 0 saturated heterocycles. The number of benzene rings is 1. The van der Waals surface area contributed by atoms with Gasteiger partial charge < -0.3 is 15.8 Å². The van der Waals surface area contributed by atoms with E-state index in [-0.39, 0.29) is 18.3 Å². The molecule has 35 heavy (non-hydrogen) atoms. The number of aryl methyl sites for hydroxylation is 3. The smallest absolute Gasteiger partial charge is 0.306 e. The minimum absolute atomic E-state index is 0.154. The number of nitrogens with one attached hydrogen (secondary N) is 1. The number of hydrogen-bond acceptors (Lipinski definition) is 9. The highest BCUT2D eigenvalue weighted by Crippen LogP contribution is 2.18. The van der Waals surface area contributed by atoms with E-state index in [1.165, 1.54) is 11.3 Å². The number of nitrogens with two attached hydrogens (primary N) is 1. The van der Waals surface area contributed by atoms with Gasteiger partial charge in [-0.1, -0.05) is 35.6 Å². The van der Waals surface area contributed by atoms with Crippen molar-refractivity contribution >= 4 is 34.2 Å². The fourth-order valence-electron chi connectivity index (χ4n) is 3.37. The van der Waals surface area contributed by atoms with E-state index in [0.717, 1.165) is 47.5 Å². The van der Waals surface area contributed by atoms with E-state index in [2.05, 4.69) is 25.7 Å². The summed E-state index contributed by atoms with van der Waals surface area (Å²) in [4.78, 5) is 24.4. The van der Waals surface area contributed by atoms with Crippen LogP contribution in [0.15, 0.2) is 36.4 Å². The Morgan fingerprint density at radius 2 is 1.74 bits per heavy atom. The van der Waals surface area contributed by atoms with Gasteiger partial charge in [-0.15, -0.1) is 15.3 Å². The van der Waals surface area contributed by atoms with E-state index < -0.39 is 5.60 Å². The summed E-state index contributed by atoms with van der Waals surface area (Å²) in [5, 5.41) is 20.4. The normalized spacial score (nSPS) is 11.3. The number of rotatable bonds is 11. The molecule has 3 N–H and O–H groups in total. The number of hydrogen-bond donors (Lipinski definition) is 2. The summed E-state index contributed by atoms with van der Waals surface area (Å²) >= 11 is 1.39. The van der Waals surface area contributed by atoms with Crippen LogP contribution in [0.2, 0.25) is 0 Å². The summed E-state index contributed by atoms with van der Waals surface area (Å²) in [6.45, 7) is 5.55. The average molecular weight is 497 g/mol. The van der Waals surface area contributed by atoms with Gasteiger partial charge in [0.1, 0.15) is 16.4 Å². The number of anilines is 2. The molecule has 2 aromatic heterocycles. The molecule has 0 radical (unpaired) electrons. The number of nitrogens with zero attached hydrogens (tertiary/aromatic N) is 4. The summed E-state index contributed by atoms with van der Waals surface area (Å²) in [5.41, 5.74) is 7.84. The van der Waals surface area contributed by atoms with Gasteiger partial charge in [-0.25, -0.2) is 0 Å². The minimum Gasteiger partial charge on any atom is -0.460 e. The molecule has 0 spiro atoms. The Morgan fingerprint density at radius 1 is 0.971 bits per heavy atom. The van der Waals surface area contributed by atoms with Gasteiger partial charge in [-0.2, -0.15) is 5.10 Å². The zero-order chi connectivity index (χ0) is 25.3. The molecule has 1 aromatic carbocycles. The summed E-state index contributed by atoms with van der Waals surface area (Å²) in [7, 11) is 0. The summed E-state index contributed by atoms with van der Waals surface area (Å²) in [5.74, 6) is 0.0358. The van der Waals surface area contributed by atoms with Gasteiger partial charge >= 0.3 is 5.97 Å². The quantitative estimate of drug-likeness (QED) is 0.301. The van der Waals surface area contributed by atoms with Gasteiger partial charge in [0, 0.05) is 12.8 Å². The molecule has 9 nitrogen and oxygen atoms in total. The SMILES string of the molecule is CC(C)(C)OC(=O)CCc1cccc(CC(=O)Nc2nnc(CCCCc3ccc(N)nn3)s2)c1. The molecule has 0 atom stereocenters. The van der Waals surface area contributed by atoms with Crippen molar-refractivity contribution < 1.29 is 14.3 Å². The maximum Gasteiger partial charge on any atom is 0.306 e. The zero-order valence-electron chi connectivity index (χ0n) is 20.4. The Hall–Kier alpha value is -3.40. The van der Waals surface area contributed by atoms with Crippen molar-refractivity contribution in [2.24, 2.45) is 0 Å². The van der Waals surface area contributed by atoms with Crippen molar-refractivity contribution in [2.75, 3.05) is 11.1 Å². The van der Waals surface area contributed by atoms with Crippen molar-refractivity contribution in [1.29, 1.82) is 0 Å². The molecule has 186 valence electrons. The second kappa shape index (κ2) is 12.3. The Balaban J connectivity index is 1.40. The number of ether oxygens (including phenoxy) is 1. The summed E-state index contributed by atoms with van der Waals surface area (Å²) < 4.78 is 5.35. The lowest BCUT2D eigenvalue weighted by Gasteiger charge is -2.19. The fraction of sp³-hybridized carbons (Fsp3) is 0.440. The average Bonchev–Trinajstić information content (AvgIpc) is 3.22. The number of nitrogen functional groups attached to an aromatic ring is 1. The largest absolute Gasteiger partial charge is 0.460 e. The number of aromatic nitrogens is 4. The number of unbranched alkanes of at least 4 members (excludes halogenated alkanes) is 1. The number of esters is 1. The third-order valence-electron chi connectivity index (χ3n) is 4.92. The number of carbonyl (C=O) groups excluding carboxylic acids is 2. The van der Waals surface area contributed by atoms with Crippen molar-refractivity contribution in [3.05, 3.63) is 58.2 Å². The fourth-order valence-corrected chi connectivity index (χ4v) is 4.17. The van der Waals surface area contributed by atoms with E-state index in [0.29, 0.717) is 23.8 Å². The third-order valence-corrected chi connectivity index (χ3v) is 5.82. The molecule has 0 unspecified atom stereocenters. The van der Waals surface area contributed by atoms with Crippen molar-refractivity contribution in [3.8, 4) is 0 Å². The van der Waals surface area contributed by atoms with Gasteiger partial charge in [-0.3, -0.25) is 9.59 Å². The molecule has 3 aromatic rings. The molecule has 0 aliphatic rings. The second-order valence-corrected chi connectivity index (χ2v) is 10.4. The molecule has 1 amide bonds. The van der Waals surface area contributed by atoms with E-state index in [9.17, 15) is 9.59 Å².